The maximum absolute atomic E-state index is 11.9. The van der Waals surface area contributed by atoms with Crippen LogP contribution in [0.5, 0.6) is 0 Å². The van der Waals surface area contributed by atoms with Gasteiger partial charge in [-0.05, 0) is 18.1 Å². The summed E-state index contributed by atoms with van der Waals surface area (Å²) in [6, 6.07) is 9.61. The van der Waals surface area contributed by atoms with E-state index in [1.165, 1.54) is 39.2 Å². The average Bonchev–Trinajstić information content (AvgIpc) is 2.55. The maximum Gasteiger partial charge on any atom is 0.373 e. The van der Waals surface area contributed by atoms with Crippen molar-refractivity contribution < 1.29 is 14.3 Å². The second-order valence-corrected chi connectivity index (χ2v) is 5.38. The third-order valence-corrected chi connectivity index (χ3v) is 3.50. The number of hydrogen-bond acceptors (Lipinski definition) is 3. The lowest BCUT2D eigenvalue weighted by Crippen LogP contribution is -2.10. The van der Waals surface area contributed by atoms with Crippen molar-refractivity contribution in [3.63, 3.8) is 0 Å². The van der Waals surface area contributed by atoms with Crippen LogP contribution < -0.4 is 0 Å². The fourth-order valence-electron chi connectivity index (χ4n) is 2.20. The van der Waals surface area contributed by atoms with E-state index in [9.17, 15) is 4.79 Å². The molecule has 0 aliphatic rings. The molecule has 1 aromatic carbocycles. The van der Waals surface area contributed by atoms with Gasteiger partial charge in [0.2, 0.25) is 5.76 Å². The molecular weight excluding hydrogens is 276 g/mol. The van der Waals surface area contributed by atoms with Gasteiger partial charge in [-0.2, -0.15) is 0 Å². The highest BCUT2D eigenvalue weighted by Gasteiger charge is 2.11. The van der Waals surface area contributed by atoms with Gasteiger partial charge < -0.3 is 9.47 Å². The minimum atomic E-state index is -0.391. The van der Waals surface area contributed by atoms with Gasteiger partial charge in [0.1, 0.15) is 0 Å². The Morgan fingerprint density at radius 2 is 1.64 bits per heavy atom. The molecular formula is C19H28O3. The molecule has 0 unspecified atom stereocenters. The van der Waals surface area contributed by atoms with E-state index in [-0.39, 0.29) is 5.76 Å². The Bertz CT molecular complexity index is 437. The first-order chi connectivity index (χ1) is 10.8. The van der Waals surface area contributed by atoms with Crippen molar-refractivity contribution in [2.75, 3.05) is 13.7 Å². The third kappa shape index (κ3) is 7.87. The molecule has 1 rings (SSSR count). The van der Waals surface area contributed by atoms with Gasteiger partial charge in [0, 0.05) is 0 Å². The molecule has 0 aliphatic carbocycles. The molecule has 0 aromatic heterocycles. The molecule has 0 radical (unpaired) electrons. The Balaban J connectivity index is 2.24. The Labute approximate surface area is 134 Å². The van der Waals surface area contributed by atoms with Crippen molar-refractivity contribution in [3.8, 4) is 0 Å². The Kier molecular flexibility index (Phi) is 9.84. The zero-order valence-corrected chi connectivity index (χ0v) is 13.8. The fourth-order valence-corrected chi connectivity index (χ4v) is 2.20. The number of carbonyl (C=O) groups is 1. The summed E-state index contributed by atoms with van der Waals surface area (Å²) >= 11 is 0. The molecule has 3 heteroatoms. The van der Waals surface area contributed by atoms with Crippen LogP contribution in [0.25, 0.3) is 6.08 Å². The van der Waals surface area contributed by atoms with Crippen LogP contribution in [0, 0.1) is 0 Å². The largest absolute Gasteiger partial charge is 0.490 e. The van der Waals surface area contributed by atoms with Crippen LogP contribution in [0.3, 0.4) is 0 Å². The van der Waals surface area contributed by atoms with E-state index in [0.717, 1.165) is 18.4 Å². The summed E-state index contributed by atoms with van der Waals surface area (Å²) in [6.07, 6.45) is 10.1. The van der Waals surface area contributed by atoms with Crippen molar-refractivity contribution >= 4 is 12.0 Å². The second kappa shape index (κ2) is 11.8. The first-order valence-electron chi connectivity index (χ1n) is 8.25. The average molecular weight is 304 g/mol. The van der Waals surface area contributed by atoms with Crippen LogP contribution in [0.15, 0.2) is 36.1 Å². The molecule has 0 aliphatic heterocycles. The summed E-state index contributed by atoms with van der Waals surface area (Å²) in [4.78, 5) is 11.9. The highest BCUT2D eigenvalue weighted by atomic mass is 16.6. The summed E-state index contributed by atoms with van der Waals surface area (Å²) in [5, 5.41) is 0. The lowest BCUT2D eigenvalue weighted by atomic mass is 10.1. The number of methoxy groups -OCH3 is 1. The zero-order chi connectivity index (χ0) is 16.0. The smallest absolute Gasteiger partial charge is 0.373 e. The van der Waals surface area contributed by atoms with Crippen LogP contribution in [-0.2, 0) is 14.3 Å². The van der Waals surface area contributed by atoms with Gasteiger partial charge in [0.05, 0.1) is 13.7 Å². The topological polar surface area (TPSA) is 35.5 Å². The SMILES string of the molecule is CCCCCCCCCOC(=O)C(=Cc1ccccc1)OC. The number of rotatable bonds is 11. The molecule has 0 spiro atoms. The van der Waals surface area contributed by atoms with Crippen molar-refractivity contribution in [2.45, 2.75) is 51.9 Å². The predicted octanol–water partition coefficient (Wildman–Crippen LogP) is 4.97. The molecule has 0 saturated heterocycles. The summed E-state index contributed by atoms with van der Waals surface area (Å²) in [5.41, 5.74) is 0.923. The highest BCUT2D eigenvalue weighted by Crippen LogP contribution is 2.10. The lowest BCUT2D eigenvalue weighted by Gasteiger charge is -2.07. The van der Waals surface area contributed by atoms with Gasteiger partial charge >= 0.3 is 5.97 Å². The normalized spacial score (nSPS) is 11.3. The van der Waals surface area contributed by atoms with Gasteiger partial charge in [0.15, 0.2) is 0 Å². The molecule has 122 valence electrons. The molecule has 22 heavy (non-hydrogen) atoms. The van der Waals surface area contributed by atoms with Crippen LogP contribution in [0.4, 0.5) is 0 Å². The van der Waals surface area contributed by atoms with Gasteiger partial charge in [0.25, 0.3) is 0 Å². The zero-order valence-electron chi connectivity index (χ0n) is 13.8. The van der Waals surface area contributed by atoms with E-state index < -0.39 is 5.97 Å². The van der Waals surface area contributed by atoms with Crippen molar-refractivity contribution in [2.24, 2.45) is 0 Å². The second-order valence-electron chi connectivity index (χ2n) is 5.38. The minimum Gasteiger partial charge on any atom is -0.490 e. The standard InChI is InChI=1S/C19H28O3/c1-3-4-5-6-7-8-12-15-22-19(20)18(21-2)16-17-13-10-9-11-14-17/h9-11,13-14,16H,3-8,12,15H2,1-2H3. The number of esters is 1. The lowest BCUT2D eigenvalue weighted by molar-refractivity contribution is -0.142. The Hall–Kier alpha value is -1.77. The van der Waals surface area contributed by atoms with Gasteiger partial charge in [-0.3, -0.25) is 0 Å². The number of hydrogen-bond donors (Lipinski definition) is 0. The van der Waals surface area contributed by atoms with E-state index in [1.807, 2.05) is 30.3 Å². The quantitative estimate of drug-likeness (QED) is 0.251. The summed E-state index contributed by atoms with van der Waals surface area (Å²) < 4.78 is 10.4. The summed E-state index contributed by atoms with van der Waals surface area (Å²) in [6.45, 7) is 2.68. The number of unbranched alkanes of at least 4 members (excludes halogenated alkanes) is 6. The molecule has 0 atom stereocenters. The summed E-state index contributed by atoms with van der Waals surface area (Å²) in [7, 11) is 1.49. The Morgan fingerprint density at radius 3 is 2.27 bits per heavy atom. The van der Waals surface area contributed by atoms with Crippen molar-refractivity contribution in [3.05, 3.63) is 41.7 Å². The van der Waals surface area contributed by atoms with Crippen molar-refractivity contribution in [1.29, 1.82) is 0 Å². The summed E-state index contributed by atoms with van der Waals surface area (Å²) in [5.74, 6) is -0.147. The van der Waals surface area contributed by atoms with E-state index in [2.05, 4.69) is 6.92 Å². The van der Waals surface area contributed by atoms with Crippen LogP contribution in [0.1, 0.15) is 57.4 Å². The van der Waals surface area contributed by atoms with Crippen molar-refractivity contribution in [1.82, 2.24) is 0 Å². The Morgan fingerprint density at radius 1 is 1.00 bits per heavy atom. The van der Waals surface area contributed by atoms with Gasteiger partial charge in [-0.25, -0.2) is 4.79 Å². The molecule has 3 nitrogen and oxygen atoms in total. The monoisotopic (exact) mass is 304 g/mol. The van der Waals surface area contributed by atoms with Gasteiger partial charge in [-0.1, -0.05) is 75.8 Å². The van der Waals surface area contributed by atoms with Crippen LogP contribution in [0.2, 0.25) is 0 Å². The number of carbonyl (C=O) groups excluding carboxylic acids is 1. The molecule has 0 amide bonds. The van der Waals surface area contributed by atoms with Gasteiger partial charge in [-0.15, -0.1) is 0 Å². The van der Waals surface area contributed by atoms with E-state index in [0.29, 0.717) is 6.61 Å². The van der Waals surface area contributed by atoms with E-state index >= 15 is 0 Å². The highest BCUT2D eigenvalue weighted by molar-refractivity contribution is 5.91. The number of ether oxygens (including phenoxy) is 2. The predicted molar refractivity (Wildman–Crippen MR) is 90.4 cm³/mol. The first kappa shape index (κ1) is 18.3. The first-order valence-corrected chi connectivity index (χ1v) is 8.25. The molecule has 0 saturated carbocycles. The molecule has 0 N–H and O–H groups in total. The third-order valence-electron chi connectivity index (χ3n) is 3.50. The maximum atomic E-state index is 11.9. The van der Waals surface area contributed by atoms with Crippen LogP contribution >= 0.6 is 0 Å². The van der Waals surface area contributed by atoms with Crippen LogP contribution in [-0.4, -0.2) is 19.7 Å². The van der Waals surface area contributed by atoms with E-state index in [4.69, 9.17) is 9.47 Å². The van der Waals surface area contributed by atoms with E-state index in [1.54, 1.807) is 6.08 Å². The molecule has 0 heterocycles. The molecule has 1 aromatic rings. The molecule has 0 fully saturated rings. The number of benzene rings is 1. The molecule has 0 bridgehead atoms. The minimum absolute atomic E-state index is 0.245. The fraction of sp³-hybridized carbons (Fsp3) is 0.526.